The minimum absolute atomic E-state index is 0.212. The molecule has 0 spiro atoms. The van der Waals surface area contributed by atoms with Crippen LogP contribution in [0.4, 0.5) is 5.82 Å². The van der Waals surface area contributed by atoms with Gasteiger partial charge in [0, 0.05) is 37.1 Å². The standard InChI is InChI=1S/C26H25N3O5/c1-3-28-13-15-29(16-14-28)24-18-8-6-10-21-22(18)23(34-26(31)25(30)33-21)19(27-24)12-11-17-7-4-5-9-20(17)32-2/h4-12H,3,13-16H2,1-2H3/b12-11+. The van der Waals surface area contributed by atoms with Gasteiger partial charge in [0.05, 0.1) is 12.5 Å². The molecule has 2 aliphatic heterocycles. The molecule has 5 rings (SSSR count). The maximum absolute atomic E-state index is 12.3. The van der Waals surface area contributed by atoms with E-state index in [2.05, 4.69) is 16.7 Å². The van der Waals surface area contributed by atoms with Crippen LogP contribution in [0.15, 0.2) is 42.5 Å². The van der Waals surface area contributed by atoms with Crippen molar-refractivity contribution in [2.75, 3.05) is 44.7 Å². The summed E-state index contributed by atoms with van der Waals surface area (Å²) in [6, 6.07) is 13.0. The number of aromatic nitrogens is 1. The van der Waals surface area contributed by atoms with Crippen molar-refractivity contribution in [3.63, 3.8) is 0 Å². The zero-order valence-electron chi connectivity index (χ0n) is 19.1. The van der Waals surface area contributed by atoms with Crippen molar-refractivity contribution in [1.29, 1.82) is 0 Å². The predicted octanol–water partition coefficient (Wildman–Crippen LogP) is 3.38. The summed E-state index contributed by atoms with van der Waals surface area (Å²) in [5.41, 5.74) is 1.28. The number of piperazine rings is 1. The molecule has 0 aliphatic carbocycles. The maximum atomic E-state index is 12.3. The average Bonchev–Trinajstić information content (AvgIpc) is 3.00. The fraction of sp³-hybridized carbons (Fsp3) is 0.269. The van der Waals surface area contributed by atoms with E-state index in [1.54, 1.807) is 25.3 Å². The van der Waals surface area contributed by atoms with Gasteiger partial charge in [0.1, 0.15) is 23.0 Å². The largest absolute Gasteiger partial charge is 0.496 e. The molecule has 0 amide bonds. The normalized spacial score (nSPS) is 16.5. The highest BCUT2D eigenvalue weighted by Crippen LogP contribution is 2.42. The number of pyridine rings is 1. The lowest BCUT2D eigenvalue weighted by atomic mass is 10.1. The summed E-state index contributed by atoms with van der Waals surface area (Å²) in [6.45, 7) is 6.64. The molecular weight excluding hydrogens is 434 g/mol. The van der Waals surface area contributed by atoms with E-state index < -0.39 is 11.9 Å². The van der Waals surface area contributed by atoms with Crippen LogP contribution in [0.25, 0.3) is 22.9 Å². The number of hydrogen-bond donors (Lipinski definition) is 0. The Balaban J connectivity index is 1.68. The van der Waals surface area contributed by atoms with Gasteiger partial charge in [-0.15, -0.1) is 0 Å². The van der Waals surface area contributed by atoms with Gasteiger partial charge in [0.15, 0.2) is 5.75 Å². The van der Waals surface area contributed by atoms with Crippen LogP contribution in [0.1, 0.15) is 18.2 Å². The quantitative estimate of drug-likeness (QED) is 0.326. The lowest BCUT2D eigenvalue weighted by Gasteiger charge is -2.35. The Morgan fingerprint density at radius 3 is 2.50 bits per heavy atom. The van der Waals surface area contributed by atoms with E-state index in [1.807, 2.05) is 36.4 Å². The Labute approximate surface area is 197 Å². The molecule has 0 N–H and O–H groups in total. The van der Waals surface area contributed by atoms with Crippen molar-refractivity contribution < 1.29 is 23.8 Å². The maximum Gasteiger partial charge on any atom is 0.423 e. The van der Waals surface area contributed by atoms with Crippen molar-refractivity contribution in [2.45, 2.75) is 6.92 Å². The number of likely N-dealkylation sites (N-methyl/N-ethyl adjacent to an activating group) is 1. The Kier molecular flexibility index (Phi) is 5.90. The lowest BCUT2D eigenvalue weighted by Crippen LogP contribution is -2.46. The number of carbonyl (C=O) groups excluding carboxylic acids is 2. The highest BCUT2D eigenvalue weighted by atomic mass is 16.6. The van der Waals surface area contributed by atoms with E-state index in [9.17, 15) is 9.59 Å². The van der Waals surface area contributed by atoms with Crippen LogP contribution in [-0.2, 0) is 9.59 Å². The van der Waals surface area contributed by atoms with Gasteiger partial charge < -0.3 is 24.0 Å². The summed E-state index contributed by atoms with van der Waals surface area (Å²) in [5, 5.41) is 1.33. The molecule has 1 fully saturated rings. The molecular formula is C26H25N3O5. The van der Waals surface area contributed by atoms with E-state index in [4.69, 9.17) is 19.2 Å². The van der Waals surface area contributed by atoms with E-state index in [0.717, 1.165) is 49.5 Å². The van der Waals surface area contributed by atoms with Crippen molar-refractivity contribution in [1.82, 2.24) is 9.88 Å². The van der Waals surface area contributed by atoms with Gasteiger partial charge in [-0.2, -0.15) is 0 Å². The van der Waals surface area contributed by atoms with E-state index in [0.29, 0.717) is 16.8 Å². The van der Waals surface area contributed by atoms with Crippen molar-refractivity contribution in [2.24, 2.45) is 0 Å². The SMILES string of the molecule is CCN1CCN(c2nc(/C=C/c3ccccc3OC)c3c4c(cccc24)OC(=O)C(=O)O3)CC1. The van der Waals surface area contributed by atoms with Crippen molar-refractivity contribution in [3.8, 4) is 17.2 Å². The summed E-state index contributed by atoms with van der Waals surface area (Å²) in [4.78, 5) is 34.0. The zero-order valence-corrected chi connectivity index (χ0v) is 19.1. The molecule has 3 heterocycles. The molecule has 8 heteroatoms. The molecule has 2 aliphatic rings. The number of rotatable bonds is 5. The minimum atomic E-state index is -1.07. The van der Waals surface area contributed by atoms with E-state index >= 15 is 0 Å². The Bertz CT molecular complexity index is 1300. The molecule has 1 aromatic heterocycles. The second-order valence-corrected chi connectivity index (χ2v) is 8.10. The first-order valence-corrected chi connectivity index (χ1v) is 11.3. The molecule has 2 aromatic carbocycles. The highest BCUT2D eigenvalue weighted by Gasteiger charge is 2.31. The number of para-hydroxylation sites is 1. The smallest absolute Gasteiger partial charge is 0.423 e. The van der Waals surface area contributed by atoms with Gasteiger partial charge in [-0.25, -0.2) is 14.6 Å². The van der Waals surface area contributed by atoms with Gasteiger partial charge in [0.25, 0.3) is 0 Å². The number of esters is 2. The summed E-state index contributed by atoms with van der Waals surface area (Å²) in [7, 11) is 1.61. The first-order valence-electron chi connectivity index (χ1n) is 11.3. The third-order valence-corrected chi connectivity index (χ3v) is 6.20. The van der Waals surface area contributed by atoms with Crippen LogP contribution in [0.2, 0.25) is 0 Å². The monoisotopic (exact) mass is 459 g/mol. The van der Waals surface area contributed by atoms with Crippen LogP contribution in [0, 0.1) is 0 Å². The Hall–Kier alpha value is -3.91. The second-order valence-electron chi connectivity index (χ2n) is 8.10. The fourth-order valence-corrected chi connectivity index (χ4v) is 4.37. The number of benzene rings is 2. The number of nitrogens with zero attached hydrogens (tertiary/aromatic N) is 3. The third-order valence-electron chi connectivity index (χ3n) is 6.20. The number of carbonyl (C=O) groups is 2. The molecule has 0 radical (unpaired) electrons. The van der Waals surface area contributed by atoms with Gasteiger partial charge in [-0.1, -0.05) is 37.3 Å². The third kappa shape index (κ3) is 3.97. The van der Waals surface area contributed by atoms with E-state index in [-0.39, 0.29) is 11.5 Å². The molecule has 0 saturated carbocycles. The van der Waals surface area contributed by atoms with Crippen LogP contribution >= 0.6 is 0 Å². The summed E-state index contributed by atoms with van der Waals surface area (Å²) in [6.07, 6.45) is 3.63. The lowest BCUT2D eigenvalue weighted by molar-refractivity contribution is -0.155. The first kappa shape index (κ1) is 21.9. The molecule has 0 bridgehead atoms. The van der Waals surface area contributed by atoms with Crippen LogP contribution in [0.5, 0.6) is 17.2 Å². The predicted molar refractivity (Wildman–Crippen MR) is 129 cm³/mol. The summed E-state index contributed by atoms with van der Waals surface area (Å²) < 4.78 is 16.3. The fourth-order valence-electron chi connectivity index (χ4n) is 4.37. The number of hydrogen-bond acceptors (Lipinski definition) is 8. The second kappa shape index (κ2) is 9.15. The number of anilines is 1. The van der Waals surface area contributed by atoms with Gasteiger partial charge >= 0.3 is 11.9 Å². The minimum Gasteiger partial charge on any atom is -0.496 e. The van der Waals surface area contributed by atoms with Crippen LogP contribution < -0.4 is 19.1 Å². The van der Waals surface area contributed by atoms with Crippen molar-refractivity contribution in [3.05, 3.63) is 53.7 Å². The van der Waals surface area contributed by atoms with Gasteiger partial charge in [-0.05, 0) is 30.8 Å². The molecule has 0 unspecified atom stereocenters. The molecule has 8 nitrogen and oxygen atoms in total. The first-order chi connectivity index (χ1) is 16.6. The number of methoxy groups -OCH3 is 1. The van der Waals surface area contributed by atoms with Crippen molar-refractivity contribution >= 4 is 40.7 Å². The topological polar surface area (TPSA) is 81.2 Å². The Morgan fingerprint density at radius 1 is 0.971 bits per heavy atom. The Morgan fingerprint density at radius 2 is 1.74 bits per heavy atom. The summed E-state index contributed by atoms with van der Waals surface area (Å²) in [5.74, 6) is -0.158. The molecule has 174 valence electrons. The van der Waals surface area contributed by atoms with E-state index in [1.165, 1.54) is 0 Å². The molecule has 1 saturated heterocycles. The molecule has 34 heavy (non-hydrogen) atoms. The van der Waals surface area contributed by atoms with Gasteiger partial charge in [-0.3, -0.25) is 0 Å². The van der Waals surface area contributed by atoms with Crippen LogP contribution in [0.3, 0.4) is 0 Å². The summed E-state index contributed by atoms with van der Waals surface area (Å²) >= 11 is 0. The zero-order chi connectivity index (χ0) is 23.7. The van der Waals surface area contributed by atoms with Gasteiger partial charge in [0.2, 0.25) is 0 Å². The molecule has 0 atom stereocenters. The van der Waals surface area contributed by atoms with Crippen LogP contribution in [-0.4, -0.2) is 61.7 Å². The average molecular weight is 460 g/mol. The number of ether oxygens (including phenoxy) is 3. The highest BCUT2D eigenvalue weighted by molar-refractivity contribution is 6.32. The molecule has 3 aromatic rings.